The molecule has 0 amide bonds. The molecule has 5 heteroatoms. The topological polar surface area (TPSA) is 45.9 Å². The van der Waals surface area contributed by atoms with Gasteiger partial charge < -0.3 is 14.1 Å². The predicted octanol–water partition coefficient (Wildman–Crippen LogP) is 3.31. The Hall–Kier alpha value is -2.27. The van der Waals surface area contributed by atoms with E-state index in [1.54, 1.807) is 13.0 Å². The van der Waals surface area contributed by atoms with E-state index in [-0.39, 0.29) is 5.76 Å². The van der Waals surface area contributed by atoms with E-state index in [1.165, 1.54) is 5.69 Å². The number of esters is 1. The number of fused-ring (bicyclic) bond motifs is 1. The lowest BCUT2D eigenvalue weighted by Gasteiger charge is -2.36. The second kappa shape index (κ2) is 7.53. The van der Waals surface area contributed by atoms with Gasteiger partial charge in [0.25, 0.3) is 0 Å². The van der Waals surface area contributed by atoms with Crippen LogP contribution in [0.25, 0.3) is 11.0 Å². The average molecular weight is 328 g/mol. The van der Waals surface area contributed by atoms with Crippen LogP contribution in [-0.2, 0) is 4.74 Å². The van der Waals surface area contributed by atoms with Crippen LogP contribution in [0.4, 0.5) is 5.69 Å². The SMILES string of the molecule is C=CCCN1CCN(c2ccc3oc(C(=O)OCC)cc3c2)CC1. The summed E-state index contributed by atoms with van der Waals surface area (Å²) in [6, 6.07) is 7.83. The second-order valence-corrected chi connectivity index (χ2v) is 5.96. The number of furan rings is 1. The third-order valence-electron chi connectivity index (χ3n) is 4.36. The molecule has 2 heterocycles. The second-order valence-electron chi connectivity index (χ2n) is 5.96. The monoisotopic (exact) mass is 328 g/mol. The highest BCUT2D eigenvalue weighted by Gasteiger charge is 2.18. The van der Waals surface area contributed by atoms with Crippen molar-refractivity contribution in [2.24, 2.45) is 0 Å². The van der Waals surface area contributed by atoms with Gasteiger partial charge in [-0.15, -0.1) is 6.58 Å². The van der Waals surface area contributed by atoms with E-state index >= 15 is 0 Å². The minimum absolute atomic E-state index is 0.262. The maximum Gasteiger partial charge on any atom is 0.374 e. The van der Waals surface area contributed by atoms with Crippen LogP contribution in [0.5, 0.6) is 0 Å². The van der Waals surface area contributed by atoms with Gasteiger partial charge in [-0.05, 0) is 37.6 Å². The molecule has 2 aromatic rings. The zero-order chi connectivity index (χ0) is 16.9. The van der Waals surface area contributed by atoms with Crippen molar-refractivity contribution >= 4 is 22.6 Å². The Labute approximate surface area is 142 Å². The van der Waals surface area contributed by atoms with Crippen molar-refractivity contribution in [2.75, 3.05) is 44.2 Å². The van der Waals surface area contributed by atoms with E-state index in [4.69, 9.17) is 9.15 Å². The van der Waals surface area contributed by atoms with Crippen LogP contribution < -0.4 is 4.90 Å². The Morgan fingerprint density at radius 2 is 2.08 bits per heavy atom. The van der Waals surface area contributed by atoms with E-state index in [0.717, 1.165) is 44.5 Å². The molecule has 0 bridgehead atoms. The molecule has 0 spiro atoms. The number of anilines is 1. The fourth-order valence-electron chi connectivity index (χ4n) is 3.03. The summed E-state index contributed by atoms with van der Waals surface area (Å²) < 4.78 is 10.6. The number of benzene rings is 1. The van der Waals surface area contributed by atoms with Crippen LogP contribution in [0.3, 0.4) is 0 Å². The molecule has 0 atom stereocenters. The lowest BCUT2D eigenvalue weighted by Crippen LogP contribution is -2.46. The Morgan fingerprint density at radius 3 is 2.79 bits per heavy atom. The molecule has 1 aromatic heterocycles. The molecule has 1 aliphatic rings. The van der Waals surface area contributed by atoms with Gasteiger partial charge in [-0.25, -0.2) is 4.79 Å². The van der Waals surface area contributed by atoms with Gasteiger partial charge >= 0.3 is 5.97 Å². The van der Waals surface area contributed by atoms with Gasteiger partial charge in [-0.2, -0.15) is 0 Å². The van der Waals surface area contributed by atoms with Crippen molar-refractivity contribution in [3.63, 3.8) is 0 Å². The Balaban J connectivity index is 1.70. The Morgan fingerprint density at radius 1 is 1.29 bits per heavy atom. The van der Waals surface area contributed by atoms with Gasteiger partial charge in [0.2, 0.25) is 5.76 Å². The largest absolute Gasteiger partial charge is 0.460 e. The molecule has 128 valence electrons. The summed E-state index contributed by atoms with van der Waals surface area (Å²) in [7, 11) is 0. The highest BCUT2D eigenvalue weighted by Crippen LogP contribution is 2.26. The molecule has 0 saturated carbocycles. The molecule has 0 radical (unpaired) electrons. The maximum atomic E-state index is 11.8. The lowest BCUT2D eigenvalue weighted by molar-refractivity contribution is 0.0492. The lowest BCUT2D eigenvalue weighted by atomic mass is 10.2. The minimum Gasteiger partial charge on any atom is -0.460 e. The van der Waals surface area contributed by atoms with Crippen molar-refractivity contribution in [2.45, 2.75) is 13.3 Å². The molecule has 0 aliphatic carbocycles. The molecule has 0 N–H and O–H groups in total. The molecule has 1 aromatic carbocycles. The number of carbonyl (C=O) groups excluding carboxylic acids is 1. The molecular weight excluding hydrogens is 304 g/mol. The summed E-state index contributed by atoms with van der Waals surface area (Å²) >= 11 is 0. The summed E-state index contributed by atoms with van der Waals surface area (Å²) in [4.78, 5) is 16.6. The van der Waals surface area contributed by atoms with Gasteiger partial charge in [-0.3, -0.25) is 4.90 Å². The molecule has 0 unspecified atom stereocenters. The first kappa shape index (κ1) is 16.6. The zero-order valence-electron chi connectivity index (χ0n) is 14.2. The van der Waals surface area contributed by atoms with Crippen molar-refractivity contribution in [3.8, 4) is 0 Å². The number of ether oxygens (including phenoxy) is 1. The van der Waals surface area contributed by atoms with Gasteiger partial charge in [-0.1, -0.05) is 6.08 Å². The fraction of sp³-hybridized carbons (Fsp3) is 0.421. The van der Waals surface area contributed by atoms with Gasteiger partial charge in [0.05, 0.1) is 6.61 Å². The molecule has 5 nitrogen and oxygen atoms in total. The molecule has 3 rings (SSSR count). The first-order valence-corrected chi connectivity index (χ1v) is 8.50. The summed E-state index contributed by atoms with van der Waals surface area (Å²) in [5, 5.41) is 0.935. The zero-order valence-corrected chi connectivity index (χ0v) is 14.2. The van der Waals surface area contributed by atoms with E-state index in [1.807, 2.05) is 12.1 Å². The summed E-state index contributed by atoms with van der Waals surface area (Å²) in [5.74, 6) is -0.149. The highest BCUT2D eigenvalue weighted by molar-refractivity contribution is 5.93. The summed E-state index contributed by atoms with van der Waals surface area (Å²) in [5.41, 5.74) is 1.88. The van der Waals surface area contributed by atoms with E-state index in [9.17, 15) is 4.79 Å². The van der Waals surface area contributed by atoms with Gasteiger partial charge in [0, 0.05) is 43.8 Å². The first-order valence-electron chi connectivity index (χ1n) is 8.50. The third kappa shape index (κ3) is 3.62. The van der Waals surface area contributed by atoms with Crippen molar-refractivity contribution in [1.29, 1.82) is 0 Å². The number of carbonyl (C=O) groups is 1. The molecular formula is C19H24N2O3. The summed E-state index contributed by atoms with van der Waals surface area (Å²) in [6.45, 7) is 11.1. The van der Waals surface area contributed by atoms with Gasteiger partial charge in [0.1, 0.15) is 5.58 Å². The van der Waals surface area contributed by atoms with Crippen molar-refractivity contribution in [3.05, 3.63) is 42.7 Å². The molecule has 1 saturated heterocycles. The van der Waals surface area contributed by atoms with Crippen LogP contribution in [0, 0.1) is 0 Å². The number of hydrogen-bond donors (Lipinski definition) is 0. The quantitative estimate of drug-likeness (QED) is 0.601. The van der Waals surface area contributed by atoms with Crippen LogP contribution >= 0.6 is 0 Å². The molecule has 1 aliphatic heterocycles. The average Bonchev–Trinajstić information content (AvgIpc) is 3.04. The van der Waals surface area contributed by atoms with Gasteiger partial charge in [0.15, 0.2) is 0 Å². The van der Waals surface area contributed by atoms with E-state index in [2.05, 4.69) is 28.5 Å². The third-order valence-corrected chi connectivity index (χ3v) is 4.36. The Kier molecular flexibility index (Phi) is 5.20. The maximum absolute atomic E-state index is 11.8. The number of nitrogens with zero attached hydrogens (tertiary/aromatic N) is 2. The minimum atomic E-state index is -0.411. The van der Waals surface area contributed by atoms with Crippen LogP contribution in [0.1, 0.15) is 23.9 Å². The summed E-state index contributed by atoms with van der Waals surface area (Å²) in [6.07, 6.45) is 3.01. The van der Waals surface area contributed by atoms with E-state index in [0.29, 0.717) is 12.2 Å². The van der Waals surface area contributed by atoms with Crippen LogP contribution in [0.2, 0.25) is 0 Å². The molecule has 24 heavy (non-hydrogen) atoms. The first-order chi connectivity index (χ1) is 11.7. The Bertz CT molecular complexity index is 714. The smallest absolute Gasteiger partial charge is 0.374 e. The molecule has 1 fully saturated rings. The normalized spacial score (nSPS) is 15.6. The predicted molar refractivity (Wildman–Crippen MR) is 95.6 cm³/mol. The van der Waals surface area contributed by atoms with Crippen LogP contribution in [-0.4, -0.2) is 50.2 Å². The number of hydrogen-bond acceptors (Lipinski definition) is 5. The van der Waals surface area contributed by atoms with Crippen molar-refractivity contribution < 1.29 is 13.9 Å². The van der Waals surface area contributed by atoms with Crippen molar-refractivity contribution in [1.82, 2.24) is 4.90 Å². The standard InChI is InChI=1S/C19H24N2O3/c1-3-5-8-20-9-11-21(12-10-20)16-6-7-17-15(13-16)14-18(24-17)19(22)23-4-2/h3,6-7,13-14H,1,4-5,8-12H2,2H3. The number of piperazine rings is 1. The number of rotatable bonds is 6. The fourth-order valence-corrected chi connectivity index (χ4v) is 3.03. The van der Waals surface area contributed by atoms with Crippen LogP contribution in [0.15, 0.2) is 41.3 Å². The highest BCUT2D eigenvalue weighted by atomic mass is 16.5. The van der Waals surface area contributed by atoms with E-state index < -0.39 is 5.97 Å².